The SMILES string of the molecule is CC1COC(CBr)CN1S(=O)(=O)Cc1ccccc1. The molecule has 19 heavy (non-hydrogen) atoms. The van der Waals surface area contributed by atoms with E-state index in [1.807, 2.05) is 37.3 Å². The van der Waals surface area contributed by atoms with Crippen molar-refractivity contribution in [3.63, 3.8) is 0 Å². The Morgan fingerprint density at radius 1 is 1.37 bits per heavy atom. The molecular formula is C13H18BrNO3S. The molecule has 1 fully saturated rings. The van der Waals surface area contributed by atoms with Crippen LogP contribution in [0.1, 0.15) is 12.5 Å². The highest BCUT2D eigenvalue weighted by Gasteiger charge is 2.33. The normalized spacial score (nSPS) is 25.4. The van der Waals surface area contributed by atoms with Crippen LogP contribution in [-0.2, 0) is 20.5 Å². The van der Waals surface area contributed by atoms with E-state index < -0.39 is 10.0 Å². The maximum Gasteiger partial charge on any atom is 0.218 e. The van der Waals surface area contributed by atoms with Crippen molar-refractivity contribution in [1.82, 2.24) is 4.31 Å². The third-order valence-corrected chi connectivity index (χ3v) is 5.81. The molecule has 106 valence electrons. The molecule has 6 heteroatoms. The molecule has 0 aromatic heterocycles. The lowest BCUT2D eigenvalue weighted by molar-refractivity contribution is -0.0139. The summed E-state index contributed by atoms with van der Waals surface area (Å²) in [6.45, 7) is 2.75. The van der Waals surface area contributed by atoms with E-state index in [0.29, 0.717) is 18.5 Å². The topological polar surface area (TPSA) is 46.6 Å². The number of hydrogen-bond acceptors (Lipinski definition) is 3. The van der Waals surface area contributed by atoms with Gasteiger partial charge in [0, 0.05) is 17.9 Å². The van der Waals surface area contributed by atoms with Crippen molar-refractivity contribution >= 4 is 26.0 Å². The molecule has 1 aliphatic heterocycles. The Kier molecular flexibility index (Phi) is 5.00. The molecule has 1 aromatic rings. The number of morpholine rings is 1. The molecule has 1 aliphatic rings. The Morgan fingerprint density at radius 2 is 2.05 bits per heavy atom. The van der Waals surface area contributed by atoms with Gasteiger partial charge in [-0.25, -0.2) is 8.42 Å². The maximum absolute atomic E-state index is 12.5. The minimum Gasteiger partial charge on any atom is -0.374 e. The molecule has 0 radical (unpaired) electrons. The number of alkyl halides is 1. The molecule has 2 atom stereocenters. The van der Waals surface area contributed by atoms with Crippen LogP contribution in [0.2, 0.25) is 0 Å². The summed E-state index contributed by atoms with van der Waals surface area (Å²) < 4.78 is 32.1. The Balaban J connectivity index is 2.14. The number of sulfonamides is 1. The van der Waals surface area contributed by atoms with E-state index in [2.05, 4.69) is 15.9 Å². The van der Waals surface area contributed by atoms with E-state index in [9.17, 15) is 8.42 Å². The van der Waals surface area contributed by atoms with Gasteiger partial charge in [0.15, 0.2) is 0 Å². The Labute approximate surface area is 122 Å². The van der Waals surface area contributed by atoms with Gasteiger partial charge in [-0.1, -0.05) is 46.3 Å². The number of halogens is 1. The number of ether oxygens (including phenoxy) is 1. The highest BCUT2D eigenvalue weighted by Crippen LogP contribution is 2.20. The van der Waals surface area contributed by atoms with Gasteiger partial charge in [0.25, 0.3) is 0 Å². The third-order valence-electron chi connectivity index (χ3n) is 3.17. The van der Waals surface area contributed by atoms with Crippen LogP contribution in [-0.4, -0.2) is 43.4 Å². The number of hydrogen-bond donors (Lipinski definition) is 0. The average molecular weight is 348 g/mol. The Hall–Kier alpha value is -0.430. The lowest BCUT2D eigenvalue weighted by Gasteiger charge is -2.36. The quantitative estimate of drug-likeness (QED) is 0.782. The van der Waals surface area contributed by atoms with Crippen LogP contribution in [0.4, 0.5) is 0 Å². The molecule has 1 saturated heterocycles. The fourth-order valence-electron chi connectivity index (χ4n) is 2.14. The van der Waals surface area contributed by atoms with Crippen molar-refractivity contribution in [1.29, 1.82) is 0 Å². The van der Waals surface area contributed by atoms with Crippen LogP contribution in [0.5, 0.6) is 0 Å². The van der Waals surface area contributed by atoms with Gasteiger partial charge in [-0.3, -0.25) is 0 Å². The first-order chi connectivity index (χ1) is 9.03. The molecule has 0 amide bonds. The maximum atomic E-state index is 12.5. The predicted octanol–water partition coefficient (Wildman–Crippen LogP) is 2.00. The summed E-state index contributed by atoms with van der Waals surface area (Å²) in [6.07, 6.45) is -0.0678. The summed E-state index contributed by atoms with van der Waals surface area (Å²) in [7, 11) is -3.30. The van der Waals surface area contributed by atoms with Crippen LogP contribution in [0.15, 0.2) is 30.3 Å². The largest absolute Gasteiger partial charge is 0.374 e. The summed E-state index contributed by atoms with van der Waals surface area (Å²) in [5, 5.41) is 0.650. The molecule has 0 saturated carbocycles. The minimum absolute atomic E-state index is 0.0488. The van der Waals surface area contributed by atoms with Gasteiger partial charge in [0.05, 0.1) is 18.5 Å². The van der Waals surface area contributed by atoms with Crippen LogP contribution < -0.4 is 0 Å². The van der Waals surface area contributed by atoms with Crippen LogP contribution in [0.3, 0.4) is 0 Å². The van der Waals surface area contributed by atoms with Crippen molar-refractivity contribution in [3.05, 3.63) is 35.9 Å². The van der Waals surface area contributed by atoms with Crippen molar-refractivity contribution in [3.8, 4) is 0 Å². The Morgan fingerprint density at radius 3 is 2.68 bits per heavy atom. The van der Waals surface area contributed by atoms with Crippen molar-refractivity contribution in [2.45, 2.75) is 24.8 Å². The standard InChI is InChI=1S/C13H18BrNO3S/c1-11-9-18-13(7-14)8-15(11)19(16,17)10-12-5-3-2-4-6-12/h2-6,11,13H,7-10H2,1H3. The molecule has 4 nitrogen and oxygen atoms in total. The van der Waals surface area contributed by atoms with E-state index in [4.69, 9.17) is 4.74 Å². The van der Waals surface area contributed by atoms with Gasteiger partial charge >= 0.3 is 0 Å². The Bertz CT molecular complexity index is 506. The first-order valence-corrected chi connectivity index (χ1v) is 8.97. The molecular weight excluding hydrogens is 330 g/mol. The molecule has 2 rings (SSSR count). The summed E-state index contributed by atoms with van der Waals surface area (Å²) in [5.41, 5.74) is 0.816. The van der Waals surface area contributed by atoms with Gasteiger partial charge < -0.3 is 4.74 Å². The highest BCUT2D eigenvalue weighted by atomic mass is 79.9. The molecule has 0 bridgehead atoms. The number of nitrogens with zero attached hydrogens (tertiary/aromatic N) is 1. The van der Waals surface area contributed by atoms with E-state index in [1.165, 1.54) is 0 Å². The predicted molar refractivity (Wildman–Crippen MR) is 78.8 cm³/mol. The zero-order valence-corrected chi connectivity index (χ0v) is 13.2. The second kappa shape index (κ2) is 6.35. The summed E-state index contributed by atoms with van der Waals surface area (Å²) >= 11 is 3.35. The fourth-order valence-corrected chi connectivity index (χ4v) is 4.31. The van der Waals surface area contributed by atoms with E-state index >= 15 is 0 Å². The highest BCUT2D eigenvalue weighted by molar-refractivity contribution is 9.09. The second-order valence-corrected chi connectivity index (χ2v) is 7.34. The van der Waals surface area contributed by atoms with E-state index in [1.54, 1.807) is 4.31 Å². The lowest BCUT2D eigenvalue weighted by Crippen LogP contribution is -2.51. The van der Waals surface area contributed by atoms with Crippen LogP contribution in [0.25, 0.3) is 0 Å². The summed E-state index contributed by atoms with van der Waals surface area (Å²) in [6, 6.07) is 9.16. The van der Waals surface area contributed by atoms with Gasteiger partial charge in [-0.05, 0) is 12.5 Å². The zero-order valence-electron chi connectivity index (χ0n) is 10.8. The zero-order chi connectivity index (χ0) is 13.9. The first-order valence-electron chi connectivity index (χ1n) is 6.24. The van der Waals surface area contributed by atoms with Gasteiger partial charge in [-0.15, -0.1) is 0 Å². The summed E-state index contributed by atoms with van der Waals surface area (Å²) in [5.74, 6) is 0.0488. The molecule has 1 heterocycles. The second-order valence-electron chi connectivity index (χ2n) is 4.77. The van der Waals surface area contributed by atoms with Crippen molar-refractivity contribution in [2.75, 3.05) is 18.5 Å². The monoisotopic (exact) mass is 347 g/mol. The van der Waals surface area contributed by atoms with Crippen molar-refractivity contribution in [2.24, 2.45) is 0 Å². The first kappa shape index (κ1) is 15.0. The molecule has 0 spiro atoms. The van der Waals surface area contributed by atoms with Gasteiger partial charge in [0.1, 0.15) is 0 Å². The minimum atomic E-state index is -3.30. The van der Waals surface area contributed by atoms with Gasteiger partial charge in [-0.2, -0.15) is 4.31 Å². The molecule has 0 N–H and O–H groups in total. The lowest BCUT2D eigenvalue weighted by atomic mass is 10.2. The number of benzene rings is 1. The fraction of sp³-hybridized carbons (Fsp3) is 0.538. The molecule has 0 aliphatic carbocycles. The average Bonchev–Trinajstić information content (AvgIpc) is 2.39. The van der Waals surface area contributed by atoms with E-state index in [-0.39, 0.29) is 17.9 Å². The number of rotatable bonds is 4. The third kappa shape index (κ3) is 3.78. The van der Waals surface area contributed by atoms with E-state index in [0.717, 1.165) is 5.56 Å². The van der Waals surface area contributed by atoms with Crippen LogP contribution in [0, 0.1) is 0 Å². The van der Waals surface area contributed by atoms with Crippen LogP contribution >= 0.6 is 15.9 Å². The van der Waals surface area contributed by atoms with Gasteiger partial charge in [0.2, 0.25) is 10.0 Å². The molecule has 2 unspecified atom stereocenters. The molecule has 1 aromatic carbocycles. The van der Waals surface area contributed by atoms with Crippen molar-refractivity contribution < 1.29 is 13.2 Å². The smallest absolute Gasteiger partial charge is 0.218 e. The summed E-state index contributed by atoms with van der Waals surface area (Å²) in [4.78, 5) is 0.